The van der Waals surface area contributed by atoms with Gasteiger partial charge in [0.1, 0.15) is 11.4 Å². The van der Waals surface area contributed by atoms with Crippen LogP contribution in [0.1, 0.15) is 11.3 Å². The van der Waals surface area contributed by atoms with E-state index in [0.717, 1.165) is 23.3 Å². The van der Waals surface area contributed by atoms with Gasteiger partial charge in [-0.3, -0.25) is 10.9 Å². The summed E-state index contributed by atoms with van der Waals surface area (Å²) < 4.78 is 41.9. The summed E-state index contributed by atoms with van der Waals surface area (Å²) in [6.07, 6.45) is -1.06. The van der Waals surface area contributed by atoms with Crippen molar-refractivity contribution >= 4 is 17.4 Å². The van der Waals surface area contributed by atoms with E-state index in [9.17, 15) is 18.0 Å². The van der Waals surface area contributed by atoms with Crippen LogP contribution in [0.25, 0.3) is 5.65 Å². The number of pyridine rings is 1. The van der Waals surface area contributed by atoms with Gasteiger partial charge in [-0.1, -0.05) is 0 Å². The Morgan fingerprint density at radius 1 is 1.22 bits per heavy atom. The highest BCUT2D eigenvalue weighted by Crippen LogP contribution is 2.23. The quantitative estimate of drug-likeness (QED) is 0.594. The van der Waals surface area contributed by atoms with Gasteiger partial charge in [-0.15, -0.1) is 13.2 Å². The summed E-state index contributed by atoms with van der Waals surface area (Å²) in [5.41, 5.74) is 7.91. The summed E-state index contributed by atoms with van der Waals surface area (Å²) in [7, 11) is 0. The number of amides is 2. The lowest BCUT2D eigenvalue weighted by molar-refractivity contribution is -0.274. The molecule has 142 valence electrons. The highest BCUT2D eigenvalue weighted by molar-refractivity contribution is 5.75. The van der Waals surface area contributed by atoms with Gasteiger partial charge in [0.25, 0.3) is 0 Å². The number of hydrazine groups is 1. The molecule has 0 spiro atoms. The molecule has 2 amide bonds. The van der Waals surface area contributed by atoms with E-state index < -0.39 is 12.4 Å². The van der Waals surface area contributed by atoms with Crippen LogP contribution in [0.2, 0.25) is 0 Å². The number of hydrogen-bond donors (Lipinski definition) is 3. The van der Waals surface area contributed by atoms with E-state index >= 15 is 0 Å². The van der Waals surface area contributed by atoms with Crippen molar-refractivity contribution in [2.45, 2.75) is 19.8 Å². The van der Waals surface area contributed by atoms with Gasteiger partial charge >= 0.3 is 12.4 Å². The number of benzene rings is 1. The zero-order valence-corrected chi connectivity index (χ0v) is 14.2. The van der Waals surface area contributed by atoms with Crippen molar-refractivity contribution in [1.29, 1.82) is 0 Å². The summed E-state index contributed by atoms with van der Waals surface area (Å²) >= 11 is 0. The standard InChI is InChI=1S/C17H16F3N5O2/c1-11-6-7-25-10-13(22-15(25)8-11)9-21-16(26)24-23-12-2-4-14(5-3-12)27-17(18,19)20/h2-8,10,23H,9H2,1H3,(H2,21,24,26). The predicted molar refractivity (Wildman–Crippen MR) is 92.0 cm³/mol. The lowest BCUT2D eigenvalue weighted by Crippen LogP contribution is -2.38. The van der Waals surface area contributed by atoms with Gasteiger partial charge in [0.15, 0.2) is 0 Å². The van der Waals surface area contributed by atoms with Crippen LogP contribution in [0.5, 0.6) is 5.75 Å². The Morgan fingerprint density at radius 3 is 2.67 bits per heavy atom. The molecular formula is C17H16F3N5O2. The second-order valence-electron chi connectivity index (χ2n) is 5.71. The molecular weight excluding hydrogens is 363 g/mol. The fourth-order valence-corrected chi connectivity index (χ4v) is 2.31. The number of ether oxygens (including phenoxy) is 1. The molecule has 3 rings (SSSR count). The molecule has 7 nitrogen and oxygen atoms in total. The Kier molecular flexibility index (Phi) is 5.06. The number of aromatic nitrogens is 2. The maximum absolute atomic E-state index is 12.1. The summed E-state index contributed by atoms with van der Waals surface area (Å²) in [5.74, 6) is -0.348. The molecule has 0 saturated carbocycles. The van der Waals surface area contributed by atoms with Gasteiger partial charge in [0, 0.05) is 12.4 Å². The molecule has 0 aliphatic heterocycles. The third-order valence-electron chi connectivity index (χ3n) is 3.50. The first-order valence-electron chi connectivity index (χ1n) is 7.88. The Balaban J connectivity index is 1.47. The average molecular weight is 379 g/mol. The van der Waals surface area contributed by atoms with Crippen LogP contribution in [0.4, 0.5) is 23.7 Å². The molecule has 3 N–H and O–H groups in total. The maximum atomic E-state index is 12.1. The van der Waals surface area contributed by atoms with Crippen LogP contribution in [-0.4, -0.2) is 21.8 Å². The third-order valence-corrected chi connectivity index (χ3v) is 3.50. The first kappa shape index (κ1) is 18.4. The van der Waals surface area contributed by atoms with Crippen molar-refractivity contribution in [3.8, 4) is 5.75 Å². The molecule has 2 aromatic heterocycles. The Hall–Kier alpha value is -3.43. The molecule has 0 fully saturated rings. The number of alkyl halides is 3. The lowest BCUT2D eigenvalue weighted by Gasteiger charge is -2.11. The van der Waals surface area contributed by atoms with Crippen LogP contribution in [-0.2, 0) is 6.54 Å². The number of anilines is 1. The van der Waals surface area contributed by atoms with Crippen LogP contribution in [0.15, 0.2) is 48.8 Å². The number of fused-ring (bicyclic) bond motifs is 1. The van der Waals surface area contributed by atoms with Gasteiger partial charge in [0.2, 0.25) is 0 Å². The number of imidazole rings is 1. The van der Waals surface area contributed by atoms with E-state index in [0.29, 0.717) is 11.4 Å². The zero-order valence-electron chi connectivity index (χ0n) is 14.2. The number of rotatable bonds is 5. The second kappa shape index (κ2) is 7.44. The average Bonchev–Trinajstić information content (AvgIpc) is 3.00. The van der Waals surface area contributed by atoms with Crippen molar-refractivity contribution in [1.82, 2.24) is 20.1 Å². The fraction of sp³-hybridized carbons (Fsp3) is 0.176. The zero-order chi connectivity index (χ0) is 19.4. The van der Waals surface area contributed by atoms with Gasteiger partial charge in [-0.2, -0.15) is 0 Å². The molecule has 0 radical (unpaired) electrons. The minimum Gasteiger partial charge on any atom is -0.406 e. The smallest absolute Gasteiger partial charge is 0.406 e. The highest BCUT2D eigenvalue weighted by atomic mass is 19.4. The number of nitrogens with one attached hydrogen (secondary N) is 3. The predicted octanol–water partition coefficient (Wildman–Crippen LogP) is 3.37. The van der Waals surface area contributed by atoms with Crippen LogP contribution in [0, 0.1) is 6.92 Å². The first-order valence-corrected chi connectivity index (χ1v) is 7.88. The van der Waals surface area contributed by atoms with Gasteiger partial charge in [-0.05, 0) is 48.9 Å². The van der Waals surface area contributed by atoms with E-state index in [2.05, 4.69) is 25.9 Å². The molecule has 3 aromatic rings. The molecule has 0 bridgehead atoms. The highest BCUT2D eigenvalue weighted by Gasteiger charge is 2.30. The van der Waals surface area contributed by atoms with E-state index in [1.165, 1.54) is 12.1 Å². The Labute approximate surface area is 152 Å². The van der Waals surface area contributed by atoms with E-state index in [1.54, 1.807) is 0 Å². The van der Waals surface area contributed by atoms with Crippen molar-refractivity contribution in [2.24, 2.45) is 0 Å². The summed E-state index contributed by atoms with van der Waals surface area (Å²) in [5, 5.41) is 2.63. The van der Waals surface area contributed by atoms with Gasteiger partial charge in [0.05, 0.1) is 17.9 Å². The second-order valence-corrected chi connectivity index (χ2v) is 5.71. The van der Waals surface area contributed by atoms with E-state index in [-0.39, 0.29) is 12.3 Å². The number of carbonyl (C=O) groups is 1. The molecule has 10 heteroatoms. The topological polar surface area (TPSA) is 79.7 Å². The number of halogens is 3. The minimum atomic E-state index is -4.75. The van der Waals surface area contributed by atoms with Crippen molar-refractivity contribution in [2.75, 3.05) is 5.43 Å². The fourth-order valence-electron chi connectivity index (χ4n) is 2.31. The molecule has 2 heterocycles. The monoisotopic (exact) mass is 379 g/mol. The van der Waals surface area contributed by atoms with E-state index in [1.807, 2.05) is 35.9 Å². The SMILES string of the molecule is Cc1ccn2cc(CNC(=O)NNc3ccc(OC(F)(F)F)cc3)nc2c1. The molecule has 0 unspecified atom stereocenters. The molecule has 0 aliphatic rings. The Bertz CT molecular complexity index is 938. The first-order chi connectivity index (χ1) is 12.8. The number of carbonyl (C=O) groups excluding carboxylic acids is 1. The maximum Gasteiger partial charge on any atom is 0.573 e. The minimum absolute atomic E-state index is 0.215. The van der Waals surface area contributed by atoms with Crippen molar-refractivity contribution in [3.05, 3.63) is 60.0 Å². The summed E-state index contributed by atoms with van der Waals surface area (Å²) in [6.45, 7) is 2.18. The normalized spacial score (nSPS) is 11.3. The summed E-state index contributed by atoms with van der Waals surface area (Å²) in [6, 6.07) is 8.31. The molecule has 27 heavy (non-hydrogen) atoms. The number of urea groups is 1. The number of aryl methyl sites for hydroxylation is 1. The number of hydrogen-bond acceptors (Lipinski definition) is 4. The number of nitrogens with zero attached hydrogens (tertiary/aromatic N) is 2. The Morgan fingerprint density at radius 2 is 1.96 bits per heavy atom. The third kappa shape index (κ3) is 5.27. The van der Waals surface area contributed by atoms with Crippen molar-refractivity contribution in [3.63, 3.8) is 0 Å². The van der Waals surface area contributed by atoms with Crippen LogP contribution in [0.3, 0.4) is 0 Å². The molecule has 0 saturated heterocycles. The molecule has 1 aromatic carbocycles. The van der Waals surface area contributed by atoms with Crippen LogP contribution >= 0.6 is 0 Å². The van der Waals surface area contributed by atoms with Gasteiger partial charge in [-0.25, -0.2) is 9.78 Å². The molecule has 0 atom stereocenters. The summed E-state index contributed by atoms with van der Waals surface area (Å²) in [4.78, 5) is 16.2. The lowest BCUT2D eigenvalue weighted by atomic mass is 10.3. The molecule has 0 aliphatic carbocycles. The van der Waals surface area contributed by atoms with E-state index in [4.69, 9.17) is 0 Å². The van der Waals surface area contributed by atoms with Crippen LogP contribution < -0.4 is 20.9 Å². The van der Waals surface area contributed by atoms with Crippen molar-refractivity contribution < 1.29 is 22.7 Å². The van der Waals surface area contributed by atoms with Gasteiger partial charge < -0.3 is 14.5 Å². The largest absolute Gasteiger partial charge is 0.573 e.